The highest BCUT2D eigenvalue weighted by atomic mass is 35.5. The highest BCUT2D eigenvalue weighted by Gasteiger charge is 2.35. The molecule has 112 valence electrons. The molecular formula is C12H15Cl2NO4S. The number of nitrogens with zero attached hydrogens (tertiary/aromatic N) is 1. The second-order valence-electron chi connectivity index (χ2n) is 5.15. The van der Waals surface area contributed by atoms with Crippen LogP contribution in [-0.2, 0) is 14.8 Å². The summed E-state index contributed by atoms with van der Waals surface area (Å²) in [6.45, 7) is 4.22. The number of rotatable bonds is 4. The second-order valence-corrected chi connectivity index (χ2v) is 7.83. The van der Waals surface area contributed by atoms with Gasteiger partial charge in [-0.05, 0) is 39.0 Å². The van der Waals surface area contributed by atoms with Gasteiger partial charge in [0.2, 0.25) is 10.0 Å². The van der Waals surface area contributed by atoms with Crippen LogP contribution < -0.4 is 0 Å². The van der Waals surface area contributed by atoms with Crippen LogP contribution in [0.2, 0.25) is 10.0 Å². The van der Waals surface area contributed by atoms with Crippen molar-refractivity contribution in [2.75, 3.05) is 6.54 Å². The Labute approximate surface area is 128 Å². The maximum Gasteiger partial charge on any atom is 0.318 e. The number of hydrogen-bond donors (Lipinski definition) is 1. The molecule has 0 unspecified atom stereocenters. The van der Waals surface area contributed by atoms with Crippen LogP contribution in [0.15, 0.2) is 23.1 Å². The molecule has 1 aromatic carbocycles. The molecule has 1 rings (SSSR count). The molecule has 0 fully saturated rings. The average molecular weight is 340 g/mol. The number of carbonyl (C=O) groups is 1. The van der Waals surface area contributed by atoms with Crippen LogP contribution in [0.4, 0.5) is 0 Å². The standard InChI is InChI=1S/C12H15Cl2NO4S/c1-12(2,3)15(7-11(16)17)20(18,19)8-4-5-9(13)10(14)6-8/h4-6H,7H2,1-3H3,(H,16,17). The van der Waals surface area contributed by atoms with Crippen molar-refractivity contribution in [1.29, 1.82) is 0 Å². The van der Waals surface area contributed by atoms with E-state index < -0.39 is 28.1 Å². The van der Waals surface area contributed by atoms with Crippen LogP contribution in [0.3, 0.4) is 0 Å². The zero-order valence-electron chi connectivity index (χ0n) is 11.2. The molecule has 0 heterocycles. The Hall–Kier alpha value is -0.820. The monoisotopic (exact) mass is 339 g/mol. The van der Waals surface area contributed by atoms with Crippen LogP contribution >= 0.6 is 23.2 Å². The largest absolute Gasteiger partial charge is 0.480 e. The van der Waals surface area contributed by atoms with Crippen LogP contribution in [0.1, 0.15) is 20.8 Å². The molecule has 8 heteroatoms. The fraction of sp³-hybridized carbons (Fsp3) is 0.417. The minimum atomic E-state index is -3.98. The number of halogens is 2. The van der Waals surface area contributed by atoms with Gasteiger partial charge >= 0.3 is 5.97 Å². The molecule has 0 aliphatic carbocycles. The molecule has 0 aliphatic rings. The van der Waals surface area contributed by atoms with Crippen molar-refractivity contribution in [3.8, 4) is 0 Å². The molecule has 0 aliphatic heterocycles. The third-order valence-corrected chi connectivity index (χ3v) is 5.35. The summed E-state index contributed by atoms with van der Waals surface area (Å²) < 4.78 is 26.0. The van der Waals surface area contributed by atoms with Gasteiger partial charge in [-0.2, -0.15) is 4.31 Å². The number of hydrogen-bond acceptors (Lipinski definition) is 3. The first-order valence-corrected chi connectivity index (χ1v) is 7.85. The lowest BCUT2D eigenvalue weighted by molar-refractivity contribution is -0.138. The summed E-state index contributed by atoms with van der Waals surface area (Å²) in [5, 5.41) is 9.23. The van der Waals surface area contributed by atoms with E-state index in [1.54, 1.807) is 20.8 Å². The molecule has 0 amide bonds. The molecule has 0 spiro atoms. The molecule has 0 saturated carbocycles. The summed E-state index contributed by atoms with van der Waals surface area (Å²) >= 11 is 11.6. The SMILES string of the molecule is CC(C)(C)N(CC(=O)O)S(=O)(=O)c1ccc(Cl)c(Cl)c1. The Balaban J connectivity index is 3.36. The Morgan fingerprint density at radius 1 is 1.25 bits per heavy atom. The topological polar surface area (TPSA) is 74.7 Å². The maximum absolute atomic E-state index is 12.5. The molecule has 0 aromatic heterocycles. The quantitative estimate of drug-likeness (QED) is 0.915. The molecule has 0 bridgehead atoms. The van der Waals surface area contributed by atoms with Crippen LogP contribution in [0, 0.1) is 0 Å². The van der Waals surface area contributed by atoms with Gasteiger partial charge in [0.05, 0.1) is 14.9 Å². The molecule has 20 heavy (non-hydrogen) atoms. The van der Waals surface area contributed by atoms with E-state index in [1.165, 1.54) is 18.2 Å². The van der Waals surface area contributed by atoms with E-state index in [0.29, 0.717) is 0 Å². The first-order chi connectivity index (χ1) is 8.96. The van der Waals surface area contributed by atoms with Crippen LogP contribution in [0.25, 0.3) is 0 Å². The summed E-state index contributed by atoms with van der Waals surface area (Å²) in [5.74, 6) is -1.23. The van der Waals surface area contributed by atoms with Crippen LogP contribution in [0.5, 0.6) is 0 Å². The number of sulfonamides is 1. The molecule has 0 radical (unpaired) electrons. The van der Waals surface area contributed by atoms with Crippen molar-refractivity contribution in [3.05, 3.63) is 28.2 Å². The van der Waals surface area contributed by atoms with Gasteiger partial charge in [0.15, 0.2) is 0 Å². The Kier molecular flexibility index (Phi) is 5.08. The van der Waals surface area contributed by atoms with Gasteiger partial charge < -0.3 is 5.11 Å². The third kappa shape index (κ3) is 3.85. The van der Waals surface area contributed by atoms with E-state index in [4.69, 9.17) is 28.3 Å². The maximum atomic E-state index is 12.5. The zero-order chi connectivity index (χ0) is 15.7. The van der Waals surface area contributed by atoms with Crippen molar-refractivity contribution >= 4 is 39.2 Å². The van der Waals surface area contributed by atoms with E-state index in [9.17, 15) is 13.2 Å². The summed E-state index contributed by atoms with van der Waals surface area (Å²) in [4.78, 5) is 10.8. The van der Waals surface area contributed by atoms with E-state index in [1.807, 2.05) is 0 Å². The van der Waals surface area contributed by atoms with E-state index in [2.05, 4.69) is 0 Å². The lowest BCUT2D eigenvalue weighted by Gasteiger charge is -2.33. The molecule has 1 N–H and O–H groups in total. The Bertz CT molecular complexity index is 623. The van der Waals surface area contributed by atoms with Gasteiger partial charge in [-0.15, -0.1) is 0 Å². The fourth-order valence-corrected chi connectivity index (χ4v) is 3.70. The summed E-state index contributed by atoms with van der Waals surface area (Å²) in [5.41, 5.74) is -0.886. The Morgan fingerprint density at radius 3 is 2.20 bits per heavy atom. The van der Waals surface area contributed by atoms with Crippen molar-refractivity contribution in [1.82, 2.24) is 4.31 Å². The van der Waals surface area contributed by atoms with E-state index in [-0.39, 0.29) is 14.9 Å². The number of aliphatic carboxylic acids is 1. The molecule has 0 saturated heterocycles. The van der Waals surface area contributed by atoms with Gasteiger partial charge in [-0.1, -0.05) is 23.2 Å². The first kappa shape index (κ1) is 17.2. The minimum absolute atomic E-state index is 0.0944. The van der Waals surface area contributed by atoms with E-state index in [0.717, 1.165) is 4.31 Å². The van der Waals surface area contributed by atoms with Gasteiger partial charge in [-0.3, -0.25) is 4.79 Å². The Morgan fingerprint density at radius 2 is 1.80 bits per heavy atom. The molecular weight excluding hydrogens is 325 g/mol. The van der Waals surface area contributed by atoms with Crippen molar-refractivity contribution < 1.29 is 18.3 Å². The zero-order valence-corrected chi connectivity index (χ0v) is 13.6. The number of benzene rings is 1. The second kappa shape index (κ2) is 5.89. The van der Waals surface area contributed by atoms with E-state index >= 15 is 0 Å². The first-order valence-electron chi connectivity index (χ1n) is 5.66. The lowest BCUT2D eigenvalue weighted by atomic mass is 10.1. The minimum Gasteiger partial charge on any atom is -0.480 e. The van der Waals surface area contributed by atoms with Gasteiger partial charge in [0, 0.05) is 5.54 Å². The normalized spacial score (nSPS) is 12.7. The van der Waals surface area contributed by atoms with Crippen LogP contribution in [-0.4, -0.2) is 35.9 Å². The molecule has 5 nitrogen and oxygen atoms in total. The summed E-state index contributed by atoms with van der Waals surface area (Å²) in [7, 11) is -3.98. The highest BCUT2D eigenvalue weighted by Crippen LogP contribution is 2.29. The predicted molar refractivity (Wildman–Crippen MR) is 77.7 cm³/mol. The van der Waals surface area contributed by atoms with Crippen molar-refractivity contribution in [2.45, 2.75) is 31.2 Å². The third-order valence-electron chi connectivity index (χ3n) is 2.51. The summed E-state index contributed by atoms with van der Waals surface area (Å²) in [6.07, 6.45) is 0. The van der Waals surface area contributed by atoms with Gasteiger partial charge in [0.25, 0.3) is 0 Å². The van der Waals surface area contributed by atoms with Gasteiger partial charge in [-0.25, -0.2) is 8.42 Å². The number of carboxylic acids is 1. The van der Waals surface area contributed by atoms with Crippen molar-refractivity contribution in [2.24, 2.45) is 0 Å². The lowest BCUT2D eigenvalue weighted by Crippen LogP contribution is -2.48. The highest BCUT2D eigenvalue weighted by molar-refractivity contribution is 7.89. The predicted octanol–water partition coefficient (Wildman–Crippen LogP) is 2.87. The fourth-order valence-electron chi connectivity index (χ4n) is 1.57. The summed E-state index contributed by atoms with van der Waals surface area (Å²) in [6, 6.07) is 3.86. The molecule has 1 aromatic rings. The van der Waals surface area contributed by atoms with Crippen molar-refractivity contribution in [3.63, 3.8) is 0 Å². The van der Waals surface area contributed by atoms with Gasteiger partial charge in [0.1, 0.15) is 6.54 Å². The molecule has 0 atom stereocenters. The number of carboxylic acid groups (broad SMARTS) is 1. The smallest absolute Gasteiger partial charge is 0.318 e. The average Bonchev–Trinajstić information content (AvgIpc) is 2.27.